The number of carbonyl (C=O) groups excluding carboxylic acids is 1. The summed E-state index contributed by atoms with van der Waals surface area (Å²) in [5.41, 5.74) is 1.69. The molecule has 0 atom stereocenters. The highest BCUT2D eigenvalue weighted by molar-refractivity contribution is 6.32. The van der Waals surface area contributed by atoms with Crippen molar-refractivity contribution in [1.29, 1.82) is 0 Å². The average molecular weight is 260 g/mol. The SMILES string of the molecule is O=C1Cc2cccc(Oc3ccccc3Cl)c2N1. The number of carbonyl (C=O) groups is 1. The van der Waals surface area contributed by atoms with E-state index in [1.165, 1.54) is 0 Å². The zero-order chi connectivity index (χ0) is 12.5. The molecule has 3 nitrogen and oxygen atoms in total. The van der Waals surface area contributed by atoms with Gasteiger partial charge >= 0.3 is 0 Å². The van der Waals surface area contributed by atoms with Crippen molar-refractivity contribution < 1.29 is 9.53 Å². The molecule has 0 spiro atoms. The van der Waals surface area contributed by atoms with Crippen molar-refractivity contribution in [1.82, 2.24) is 0 Å². The Bertz CT molecular complexity index is 625. The number of amides is 1. The van der Waals surface area contributed by atoms with Crippen molar-refractivity contribution in [3.05, 3.63) is 53.1 Å². The van der Waals surface area contributed by atoms with Crippen LogP contribution < -0.4 is 10.1 Å². The molecular formula is C14H10ClNO2. The summed E-state index contributed by atoms with van der Waals surface area (Å²) >= 11 is 6.04. The lowest BCUT2D eigenvalue weighted by atomic mass is 10.1. The monoisotopic (exact) mass is 259 g/mol. The zero-order valence-electron chi connectivity index (χ0n) is 9.44. The van der Waals surface area contributed by atoms with Crippen molar-refractivity contribution in [2.24, 2.45) is 0 Å². The minimum Gasteiger partial charge on any atom is -0.454 e. The summed E-state index contributed by atoms with van der Waals surface area (Å²) in [6.45, 7) is 0. The molecular weight excluding hydrogens is 250 g/mol. The van der Waals surface area contributed by atoms with Crippen LogP contribution in [0.1, 0.15) is 5.56 Å². The third-order valence-electron chi connectivity index (χ3n) is 2.78. The molecule has 0 radical (unpaired) electrons. The van der Waals surface area contributed by atoms with E-state index >= 15 is 0 Å². The van der Waals surface area contributed by atoms with Crippen molar-refractivity contribution in [3.63, 3.8) is 0 Å². The van der Waals surface area contributed by atoms with Gasteiger partial charge in [0.05, 0.1) is 17.1 Å². The Kier molecular flexibility index (Phi) is 2.68. The van der Waals surface area contributed by atoms with Gasteiger partial charge in [0.2, 0.25) is 5.91 Å². The second-order valence-electron chi connectivity index (χ2n) is 4.05. The number of hydrogen-bond acceptors (Lipinski definition) is 2. The number of ether oxygens (including phenoxy) is 1. The molecule has 1 heterocycles. The normalized spacial score (nSPS) is 13.1. The number of rotatable bonds is 2. The molecule has 0 fully saturated rings. The molecule has 2 aromatic rings. The lowest BCUT2D eigenvalue weighted by molar-refractivity contribution is -0.115. The maximum atomic E-state index is 11.4. The molecule has 4 heteroatoms. The van der Waals surface area contributed by atoms with Gasteiger partial charge in [-0.1, -0.05) is 35.9 Å². The van der Waals surface area contributed by atoms with Crippen LogP contribution in [0.4, 0.5) is 5.69 Å². The summed E-state index contributed by atoms with van der Waals surface area (Å²) in [5, 5.41) is 3.34. The topological polar surface area (TPSA) is 38.3 Å². The third-order valence-corrected chi connectivity index (χ3v) is 3.10. The first-order valence-electron chi connectivity index (χ1n) is 5.58. The molecule has 1 aliphatic rings. The quantitative estimate of drug-likeness (QED) is 0.894. The molecule has 1 N–H and O–H groups in total. The molecule has 3 rings (SSSR count). The molecule has 0 aliphatic carbocycles. The first-order chi connectivity index (χ1) is 8.74. The Balaban J connectivity index is 1.98. The van der Waals surface area contributed by atoms with Crippen LogP contribution in [0.5, 0.6) is 11.5 Å². The number of halogens is 1. The van der Waals surface area contributed by atoms with Crippen LogP contribution in [-0.2, 0) is 11.2 Å². The number of fused-ring (bicyclic) bond motifs is 1. The highest BCUT2D eigenvalue weighted by Crippen LogP contribution is 2.37. The maximum absolute atomic E-state index is 11.4. The van der Waals surface area contributed by atoms with E-state index in [2.05, 4.69) is 5.32 Å². The van der Waals surface area contributed by atoms with Crippen LogP contribution in [-0.4, -0.2) is 5.91 Å². The molecule has 2 aromatic carbocycles. The Labute approximate surface area is 109 Å². The van der Waals surface area contributed by atoms with Crippen molar-refractivity contribution in [3.8, 4) is 11.5 Å². The van der Waals surface area contributed by atoms with Gasteiger partial charge in [0.1, 0.15) is 5.75 Å². The second kappa shape index (κ2) is 4.35. The Morgan fingerprint density at radius 3 is 2.67 bits per heavy atom. The van der Waals surface area contributed by atoms with Gasteiger partial charge in [0.15, 0.2) is 5.75 Å². The molecule has 18 heavy (non-hydrogen) atoms. The van der Waals surface area contributed by atoms with Gasteiger partial charge in [-0.05, 0) is 23.8 Å². The van der Waals surface area contributed by atoms with E-state index in [1.54, 1.807) is 12.1 Å². The van der Waals surface area contributed by atoms with E-state index in [1.807, 2.05) is 30.3 Å². The Morgan fingerprint density at radius 2 is 1.83 bits per heavy atom. The molecule has 0 aromatic heterocycles. The largest absolute Gasteiger partial charge is 0.454 e. The van der Waals surface area contributed by atoms with Gasteiger partial charge in [-0.15, -0.1) is 0 Å². The predicted octanol–water partition coefficient (Wildman–Crippen LogP) is 3.63. The van der Waals surface area contributed by atoms with Crippen molar-refractivity contribution in [2.45, 2.75) is 6.42 Å². The second-order valence-corrected chi connectivity index (χ2v) is 4.45. The standard InChI is InChI=1S/C14H10ClNO2/c15-10-5-1-2-6-11(10)18-12-7-3-4-9-8-13(17)16-14(9)12/h1-7H,8H2,(H,16,17). The molecule has 0 saturated heterocycles. The number of para-hydroxylation sites is 2. The van der Waals surface area contributed by atoms with E-state index in [9.17, 15) is 4.79 Å². The number of anilines is 1. The summed E-state index contributed by atoms with van der Waals surface area (Å²) in [7, 11) is 0. The Morgan fingerprint density at radius 1 is 1.06 bits per heavy atom. The van der Waals surface area contributed by atoms with Gasteiger partial charge in [0, 0.05) is 0 Å². The van der Waals surface area contributed by atoms with E-state index in [4.69, 9.17) is 16.3 Å². The molecule has 1 amide bonds. The van der Waals surface area contributed by atoms with Gasteiger partial charge in [-0.2, -0.15) is 0 Å². The minimum atomic E-state index is -0.0137. The fraction of sp³-hybridized carbons (Fsp3) is 0.0714. The van der Waals surface area contributed by atoms with Crippen molar-refractivity contribution >= 4 is 23.2 Å². The van der Waals surface area contributed by atoms with Crippen LogP contribution in [0.2, 0.25) is 5.02 Å². The van der Waals surface area contributed by atoms with Crippen LogP contribution in [0, 0.1) is 0 Å². The molecule has 1 aliphatic heterocycles. The summed E-state index contributed by atoms with van der Waals surface area (Å²) in [6.07, 6.45) is 0.398. The third kappa shape index (κ3) is 1.93. The molecule has 0 unspecified atom stereocenters. The first-order valence-corrected chi connectivity index (χ1v) is 5.96. The molecule has 0 saturated carbocycles. The van der Waals surface area contributed by atoms with Gasteiger partial charge in [-0.3, -0.25) is 4.79 Å². The van der Waals surface area contributed by atoms with Crippen LogP contribution >= 0.6 is 11.6 Å². The zero-order valence-corrected chi connectivity index (χ0v) is 10.2. The van der Waals surface area contributed by atoms with Gasteiger partial charge < -0.3 is 10.1 Å². The summed E-state index contributed by atoms with van der Waals surface area (Å²) in [6, 6.07) is 12.8. The Hall–Kier alpha value is -2.00. The fourth-order valence-corrected chi connectivity index (χ4v) is 2.13. The van der Waals surface area contributed by atoms with E-state index in [0.717, 1.165) is 11.3 Å². The van der Waals surface area contributed by atoms with Crippen LogP contribution in [0.3, 0.4) is 0 Å². The van der Waals surface area contributed by atoms with E-state index in [-0.39, 0.29) is 5.91 Å². The first kappa shape index (κ1) is 11.1. The minimum absolute atomic E-state index is 0.0137. The van der Waals surface area contributed by atoms with E-state index in [0.29, 0.717) is 22.9 Å². The van der Waals surface area contributed by atoms with Crippen LogP contribution in [0.15, 0.2) is 42.5 Å². The van der Waals surface area contributed by atoms with Crippen molar-refractivity contribution in [2.75, 3.05) is 5.32 Å². The molecule has 0 bridgehead atoms. The predicted molar refractivity (Wildman–Crippen MR) is 70.3 cm³/mol. The number of nitrogens with one attached hydrogen (secondary N) is 1. The number of benzene rings is 2. The average Bonchev–Trinajstić information content (AvgIpc) is 2.73. The fourth-order valence-electron chi connectivity index (χ4n) is 1.95. The van der Waals surface area contributed by atoms with E-state index < -0.39 is 0 Å². The smallest absolute Gasteiger partial charge is 0.228 e. The summed E-state index contributed by atoms with van der Waals surface area (Å²) in [5.74, 6) is 1.18. The lowest BCUT2D eigenvalue weighted by Gasteiger charge is -2.10. The highest BCUT2D eigenvalue weighted by Gasteiger charge is 2.21. The number of hydrogen-bond donors (Lipinski definition) is 1. The van der Waals surface area contributed by atoms with Gasteiger partial charge in [0.25, 0.3) is 0 Å². The lowest BCUT2D eigenvalue weighted by Crippen LogP contribution is -2.04. The summed E-state index contributed by atoms with van der Waals surface area (Å²) < 4.78 is 5.75. The maximum Gasteiger partial charge on any atom is 0.228 e. The van der Waals surface area contributed by atoms with Gasteiger partial charge in [-0.25, -0.2) is 0 Å². The highest BCUT2D eigenvalue weighted by atomic mass is 35.5. The van der Waals surface area contributed by atoms with Crippen LogP contribution in [0.25, 0.3) is 0 Å². The molecule has 90 valence electrons. The summed E-state index contributed by atoms with van der Waals surface area (Å²) in [4.78, 5) is 11.4.